The van der Waals surface area contributed by atoms with Gasteiger partial charge in [0.15, 0.2) is 0 Å². The number of rotatable bonds is 2. The van der Waals surface area contributed by atoms with Gasteiger partial charge in [0.1, 0.15) is 6.04 Å². The molecule has 0 spiro atoms. The highest BCUT2D eigenvalue weighted by molar-refractivity contribution is 14.1. The van der Waals surface area contributed by atoms with Crippen LogP contribution in [0.1, 0.15) is 17.2 Å². The Kier molecular flexibility index (Phi) is 4.47. The predicted molar refractivity (Wildman–Crippen MR) is 93.7 cm³/mol. The summed E-state index contributed by atoms with van der Waals surface area (Å²) >= 11 is 8.11. The van der Waals surface area contributed by atoms with Gasteiger partial charge in [0, 0.05) is 15.1 Å². The second kappa shape index (κ2) is 6.34. The summed E-state index contributed by atoms with van der Waals surface area (Å²) in [5, 5.41) is 6.93. The zero-order valence-electron chi connectivity index (χ0n) is 11.2. The maximum Gasteiger partial charge on any atom is 0.246 e. The average Bonchev–Trinajstić information content (AvgIpc) is 2.49. The number of halogens is 2. The molecule has 1 amide bonds. The van der Waals surface area contributed by atoms with E-state index in [-0.39, 0.29) is 11.9 Å². The van der Waals surface area contributed by atoms with E-state index in [1.54, 1.807) is 6.07 Å². The monoisotopic (exact) mass is 412 g/mol. The summed E-state index contributed by atoms with van der Waals surface area (Å²) in [5.74, 6) is -0.0395. The highest BCUT2D eigenvalue weighted by Gasteiger charge is 2.26. The Bertz CT molecular complexity index is 690. The lowest BCUT2D eigenvalue weighted by atomic mass is 9.94. The second-order valence-corrected chi connectivity index (χ2v) is 6.55. The third-order valence-electron chi connectivity index (χ3n) is 3.56. The van der Waals surface area contributed by atoms with Crippen molar-refractivity contribution < 1.29 is 4.79 Å². The van der Waals surface area contributed by atoms with Crippen LogP contribution in [0.2, 0.25) is 5.02 Å². The Morgan fingerprint density at radius 3 is 2.90 bits per heavy atom. The summed E-state index contributed by atoms with van der Waals surface area (Å²) in [5.41, 5.74) is 3.09. The smallest absolute Gasteiger partial charge is 0.246 e. The molecule has 0 bridgehead atoms. The van der Waals surface area contributed by atoms with Crippen molar-refractivity contribution in [1.29, 1.82) is 0 Å². The number of amides is 1. The fraction of sp³-hybridized carbons (Fsp3) is 0.188. The lowest BCUT2D eigenvalue weighted by Crippen LogP contribution is -2.38. The van der Waals surface area contributed by atoms with Gasteiger partial charge in [-0.1, -0.05) is 35.9 Å². The van der Waals surface area contributed by atoms with Gasteiger partial charge < -0.3 is 10.6 Å². The first-order valence-corrected chi connectivity index (χ1v) is 8.18. The maximum absolute atomic E-state index is 12.6. The molecule has 5 heteroatoms. The molecule has 1 unspecified atom stereocenters. The molecule has 0 saturated carbocycles. The molecule has 108 valence electrons. The molecule has 21 heavy (non-hydrogen) atoms. The van der Waals surface area contributed by atoms with Crippen LogP contribution < -0.4 is 10.6 Å². The molecule has 0 aliphatic carbocycles. The second-order valence-electron chi connectivity index (χ2n) is 4.95. The van der Waals surface area contributed by atoms with Crippen LogP contribution in [0.5, 0.6) is 0 Å². The van der Waals surface area contributed by atoms with Gasteiger partial charge in [0.2, 0.25) is 5.91 Å². The van der Waals surface area contributed by atoms with E-state index < -0.39 is 0 Å². The molecular weight excluding hydrogens is 399 g/mol. The average molecular weight is 413 g/mol. The van der Waals surface area contributed by atoms with Crippen LogP contribution in [0.4, 0.5) is 5.69 Å². The van der Waals surface area contributed by atoms with E-state index in [9.17, 15) is 4.79 Å². The SMILES string of the molecule is O=C(Nc1ccc(Cl)cc1I)C1NCCc2ccccc21. The first-order valence-electron chi connectivity index (χ1n) is 6.72. The summed E-state index contributed by atoms with van der Waals surface area (Å²) < 4.78 is 0.928. The van der Waals surface area contributed by atoms with E-state index >= 15 is 0 Å². The van der Waals surface area contributed by atoms with Crippen molar-refractivity contribution >= 4 is 45.8 Å². The molecule has 0 fully saturated rings. The number of nitrogens with one attached hydrogen (secondary N) is 2. The van der Waals surface area contributed by atoms with Crippen molar-refractivity contribution in [3.63, 3.8) is 0 Å². The van der Waals surface area contributed by atoms with Crippen molar-refractivity contribution in [2.75, 3.05) is 11.9 Å². The molecule has 1 heterocycles. The molecule has 2 aromatic rings. The third kappa shape index (κ3) is 3.22. The lowest BCUT2D eigenvalue weighted by molar-refractivity contribution is -0.118. The van der Waals surface area contributed by atoms with Crippen molar-refractivity contribution in [3.8, 4) is 0 Å². The first kappa shape index (κ1) is 14.8. The zero-order chi connectivity index (χ0) is 14.8. The van der Waals surface area contributed by atoms with E-state index in [0.29, 0.717) is 5.02 Å². The van der Waals surface area contributed by atoms with Crippen LogP contribution >= 0.6 is 34.2 Å². The molecule has 1 atom stereocenters. The molecule has 0 saturated heterocycles. The van der Waals surface area contributed by atoms with E-state index in [0.717, 1.165) is 27.8 Å². The Morgan fingerprint density at radius 2 is 2.10 bits per heavy atom. The van der Waals surface area contributed by atoms with E-state index in [1.807, 2.05) is 30.3 Å². The van der Waals surface area contributed by atoms with Gasteiger partial charge in [-0.15, -0.1) is 0 Å². The molecule has 3 rings (SSSR count). The first-order chi connectivity index (χ1) is 10.1. The van der Waals surface area contributed by atoms with Crippen LogP contribution in [-0.2, 0) is 11.2 Å². The minimum atomic E-state index is -0.304. The van der Waals surface area contributed by atoms with Gasteiger partial charge in [0.25, 0.3) is 0 Å². The quantitative estimate of drug-likeness (QED) is 0.737. The Morgan fingerprint density at radius 1 is 1.29 bits per heavy atom. The van der Waals surface area contributed by atoms with Crippen molar-refractivity contribution in [3.05, 3.63) is 62.2 Å². The Hall–Kier alpha value is -1.11. The normalized spacial score (nSPS) is 17.1. The summed E-state index contributed by atoms with van der Waals surface area (Å²) in [6, 6.07) is 13.2. The number of anilines is 1. The minimum Gasteiger partial charge on any atom is -0.323 e. The summed E-state index contributed by atoms with van der Waals surface area (Å²) in [6.07, 6.45) is 0.957. The van der Waals surface area contributed by atoms with Crippen molar-refractivity contribution in [2.24, 2.45) is 0 Å². The highest BCUT2D eigenvalue weighted by atomic mass is 127. The highest BCUT2D eigenvalue weighted by Crippen LogP contribution is 2.26. The lowest BCUT2D eigenvalue weighted by Gasteiger charge is -2.26. The molecule has 3 nitrogen and oxygen atoms in total. The minimum absolute atomic E-state index is 0.0395. The summed E-state index contributed by atoms with van der Waals surface area (Å²) in [4.78, 5) is 12.6. The van der Waals surface area contributed by atoms with Crippen molar-refractivity contribution in [2.45, 2.75) is 12.5 Å². The van der Waals surface area contributed by atoms with E-state index in [1.165, 1.54) is 5.56 Å². The van der Waals surface area contributed by atoms with Gasteiger partial charge >= 0.3 is 0 Å². The van der Waals surface area contributed by atoms with Gasteiger partial charge in [-0.3, -0.25) is 4.79 Å². The van der Waals surface area contributed by atoms with Crippen LogP contribution in [0.15, 0.2) is 42.5 Å². The molecule has 1 aliphatic heterocycles. The third-order valence-corrected chi connectivity index (χ3v) is 4.69. The molecule has 2 N–H and O–H groups in total. The number of fused-ring (bicyclic) bond motifs is 1. The molecule has 1 aliphatic rings. The number of hydrogen-bond donors (Lipinski definition) is 2. The summed E-state index contributed by atoms with van der Waals surface area (Å²) in [7, 11) is 0. The number of benzene rings is 2. The van der Waals surface area contributed by atoms with Gasteiger partial charge in [-0.05, 0) is 58.3 Å². The van der Waals surface area contributed by atoms with Crippen LogP contribution in [0.3, 0.4) is 0 Å². The van der Waals surface area contributed by atoms with Crippen LogP contribution in [0, 0.1) is 3.57 Å². The van der Waals surface area contributed by atoms with E-state index in [4.69, 9.17) is 11.6 Å². The molecule has 0 radical (unpaired) electrons. The largest absolute Gasteiger partial charge is 0.323 e. The van der Waals surface area contributed by atoms with E-state index in [2.05, 4.69) is 39.3 Å². The standard InChI is InChI=1S/C16H14ClIN2O/c17-11-5-6-14(13(18)9-11)20-16(21)15-12-4-2-1-3-10(12)7-8-19-15/h1-6,9,15,19H,7-8H2,(H,20,21). The Balaban J connectivity index is 1.83. The number of carbonyl (C=O) groups excluding carboxylic acids is 1. The Labute approximate surface area is 142 Å². The summed E-state index contributed by atoms with van der Waals surface area (Å²) in [6.45, 7) is 0.812. The fourth-order valence-corrected chi connectivity index (χ4v) is 3.54. The molecule has 0 aromatic heterocycles. The van der Waals surface area contributed by atoms with Crippen LogP contribution in [-0.4, -0.2) is 12.5 Å². The topological polar surface area (TPSA) is 41.1 Å². The number of hydrogen-bond acceptors (Lipinski definition) is 2. The number of carbonyl (C=O) groups is 1. The van der Waals surface area contributed by atoms with Crippen molar-refractivity contribution in [1.82, 2.24) is 5.32 Å². The molecular formula is C16H14ClIN2O. The van der Waals surface area contributed by atoms with Gasteiger partial charge in [-0.2, -0.15) is 0 Å². The maximum atomic E-state index is 12.6. The molecule has 2 aromatic carbocycles. The zero-order valence-corrected chi connectivity index (χ0v) is 14.1. The van der Waals surface area contributed by atoms with Crippen LogP contribution in [0.25, 0.3) is 0 Å². The fourth-order valence-electron chi connectivity index (χ4n) is 2.53. The van der Waals surface area contributed by atoms with Gasteiger partial charge in [0.05, 0.1) is 5.69 Å². The van der Waals surface area contributed by atoms with Gasteiger partial charge in [-0.25, -0.2) is 0 Å². The predicted octanol–water partition coefficient (Wildman–Crippen LogP) is 3.77.